The molecule has 0 aliphatic heterocycles. The van der Waals surface area contributed by atoms with Crippen molar-refractivity contribution in [1.29, 1.82) is 0 Å². The van der Waals surface area contributed by atoms with Gasteiger partial charge in [-0.05, 0) is 38.5 Å². The average Bonchev–Trinajstić information content (AvgIpc) is 3.20. The van der Waals surface area contributed by atoms with Crippen LogP contribution in [-0.4, -0.2) is 70.0 Å². The minimum absolute atomic E-state index is 0.0273. The largest absolute Gasteiger partial charge is 0.756 e. The molecule has 1 unspecified atom stereocenters. The predicted octanol–water partition coefficient (Wildman–Crippen LogP) is 14.3. The van der Waals surface area contributed by atoms with E-state index in [-0.39, 0.29) is 32.0 Å². The summed E-state index contributed by atoms with van der Waals surface area (Å²) in [6, 6.07) is 0. The number of allylic oxidation sites excluding steroid dienone is 2. The Bertz CT molecular complexity index is 1030. The second-order valence-electron chi connectivity index (χ2n) is 18.5. The molecule has 0 amide bonds. The molecule has 0 saturated heterocycles. The molecule has 0 aliphatic rings. The Balaban J connectivity index is 4.21. The summed E-state index contributed by atoms with van der Waals surface area (Å²) in [6.07, 6.45) is 46.6. The van der Waals surface area contributed by atoms with Crippen LogP contribution in [0.15, 0.2) is 12.2 Å². The fourth-order valence-corrected chi connectivity index (χ4v) is 8.03. The molecule has 0 radical (unpaired) electrons. The molecule has 356 valence electrons. The molecule has 0 aromatic heterocycles. The standard InChI is InChI=1S/C50H98NO8P/c1-6-8-10-12-14-16-18-20-22-23-24-25-26-27-29-31-33-35-37-39-41-43-50(53)59-48(47-58-60(54,55)57-45-44-51(3,4)5)46-56-49(52)42-40-38-36-34-32-30-28-21-19-17-15-13-11-9-7-2/h20,22,48H,6-19,21,23-47H2,1-5H3/b22-20+/t48-/m1/s1. The lowest BCUT2D eigenvalue weighted by Gasteiger charge is -2.28. The van der Waals surface area contributed by atoms with Crippen molar-refractivity contribution >= 4 is 19.8 Å². The Morgan fingerprint density at radius 2 is 0.850 bits per heavy atom. The second-order valence-corrected chi connectivity index (χ2v) is 20.0. The predicted molar refractivity (Wildman–Crippen MR) is 250 cm³/mol. The molecule has 0 N–H and O–H groups in total. The molecule has 60 heavy (non-hydrogen) atoms. The van der Waals surface area contributed by atoms with Crippen molar-refractivity contribution in [3.63, 3.8) is 0 Å². The molecule has 0 heterocycles. The molecule has 9 nitrogen and oxygen atoms in total. The maximum absolute atomic E-state index is 12.7. The lowest BCUT2D eigenvalue weighted by Crippen LogP contribution is -2.37. The summed E-state index contributed by atoms with van der Waals surface area (Å²) >= 11 is 0. The third-order valence-corrected chi connectivity index (χ3v) is 12.2. The maximum atomic E-state index is 12.7. The highest BCUT2D eigenvalue weighted by molar-refractivity contribution is 7.45. The van der Waals surface area contributed by atoms with E-state index in [1.165, 1.54) is 173 Å². The normalized spacial score (nSPS) is 13.5. The minimum atomic E-state index is -4.62. The van der Waals surface area contributed by atoms with Crippen molar-refractivity contribution in [3.05, 3.63) is 12.2 Å². The van der Waals surface area contributed by atoms with E-state index >= 15 is 0 Å². The number of hydrogen-bond acceptors (Lipinski definition) is 8. The van der Waals surface area contributed by atoms with Crippen LogP contribution in [0.1, 0.15) is 245 Å². The lowest BCUT2D eigenvalue weighted by molar-refractivity contribution is -0.870. The number of rotatable bonds is 47. The first-order chi connectivity index (χ1) is 29.0. The molecule has 0 aliphatic carbocycles. The first-order valence-electron chi connectivity index (χ1n) is 25.4. The number of esters is 2. The molecular weight excluding hydrogens is 774 g/mol. The Morgan fingerprint density at radius 1 is 0.500 bits per heavy atom. The van der Waals surface area contributed by atoms with Crippen LogP contribution in [0.2, 0.25) is 0 Å². The topological polar surface area (TPSA) is 111 Å². The van der Waals surface area contributed by atoms with Crippen molar-refractivity contribution in [3.8, 4) is 0 Å². The van der Waals surface area contributed by atoms with Crippen LogP contribution in [-0.2, 0) is 32.7 Å². The fourth-order valence-electron chi connectivity index (χ4n) is 7.30. The molecule has 0 aromatic carbocycles. The third-order valence-electron chi connectivity index (χ3n) is 11.3. The Kier molecular flexibility index (Phi) is 42.1. The Morgan fingerprint density at radius 3 is 1.23 bits per heavy atom. The van der Waals surface area contributed by atoms with Crippen molar-refractivity contribution in [2.24, 2.45) is 0 Å². The van der Waals surface area contributed by atoms with Gasteiger partial charge in [0.25, 0.3) is 7.82 Å². The molecular formula is C50H98NO8P. The minimum Gasteiger partial charge on any atom is -0.756 e. The molecule has 0 saturated carbocycles. The van der Waals surface area contributed by atoms with Gasteiger partial charge in [-0.2, -0.15) is 0 Å². The molecule has 10 heteroatoms. The van der Waals surface area contributed by atoms with E-state index in [0.717, 1.165) is 38.5 Å². The van der Waals surface area contributed by atoms with Crippen molar-refractivity contribution in [2.45, 2.75) is 251 Å². The van der Waals surface area contributed by atoms with Gasteiger partial charge >= 0.3 is 11.9 Å². The van der Waals surface area contributed by atoms with Crippen LogP contribution in [0.3, 0.4) is 0 Å². The summed E-state index contributed by atoms with van der Waals surface area (Å²) < 4.78 is 34.0. The molecule has 0 aromatic rings. The zero-order valence-electron chi connectivity index (χ0n) is 40.2. The number of carbonyl (C=O) groups excluding carboxylic acids is 2. The second kappa shape index (κ2) is 43.0. The number of likely N-dealkylation sites (N-methyl/N-ethyl adjacent to an activating group) is 1. The highest BCUT2D eigenvalue weighted by atomic mass is 31.2. The van der Waals surface area contributed by atoms with Gasteiger partial charge in [0.1, 0.15) is 19.8 Å². The van der Waals surface area contributed by atoms with Gasteiger partial charge in [0.05, 0.1) is 27.7 Å². The number of unbranched alkanes of at least 4 members (excludes halogenated alkanes) is 31. The summed E-state index contributed by atoms with van der Waals surface area (Å²) in [5.74, 6) is -0.820. The van der Waals surface area contributed by atoms with Crippen LogP contribution in [0.4, 0.5) is 0 Å². The summed E-state index contributed by atoms with van der Waals surface area (Å²) in [4.78, 5) is 37.7. The van der Waals surface area contributed by atoms with E-state index in [1.807, 2.05) is 21.1 Å². The smallest absolute Gasteiger partial charge is 0.306 e. The van der Waals surface area contributed by atoms with E-state index < -0.39 is 26.5 Å². The number of carbonyl (C=O) groups is 2. The number of quaternary nitrogens is 1. The van der Waals surface area contributed by atoms with Gasteiger partial charge in [0, 0.05) is 12.8 Å². The van der Waals surface area contributed by atoms with Crippen molar-refractivity contribution in [1.82, 2.24) is 0 Å². The fraction of sp³-hybridized carbons (Fsp3) is 0.920. The van der Waals surface area contributed by atoms with E-state index in [1.54, 1.807) is 0 Å². The first-order valence-corrected chi connectivity index (χ1v) is 26.9. The zero-order chi connectivity index (χ0) is 44.3. The van der Waals surface area contributed by atoms with Crippen LogP contribution in [0.5, 0.6) is 0 Å². The quantitative estimate of drug-likeness (QED) is 0.0195. The highest BCUT2D eigenvalue weighted by Crippen LogP contribution is 2.38. The van der Waals surface area contributed by atoms with Crippen LogP contribution >= 0.6 is 7.82 Å². The van der Waals surface area contributed by atoms with Gasteiger partial charge in [-0.15, -0.1) is 0 Å². The number of phosphoric acid groups is 1. The molecule has 2 atom stereocenters. The Hall–Kier alpha value is -1.25. The zero-order valence-corrected chi connectivity index (χ0v) is 41.1. The van der Waals surface area contributed by atoms with Gasteiger partial charge in [0.2, 0.25) is 0 Å². The van der Waals surface area contributed by atoms with Gasteiger partial charge in [-0.25, -0.2) is 0 Å². The SMILES string of the molecule is CCCCCCCC/C=C/CCCCCCCCCCCCCC(=O)O[C@H](COC(=O)CCCCCCCCCCCCCCCCC)COP(=O)([O-])OCC[N+](C)(C)C. The third kappa shape index (κ3) is 46.3. The first kappa shape index (κ1) is 58.8. The molecule has 0 spiro atoms. The summed E-state index contributed by atoms with van der Waals surface area (Å²) in [5.41, 5.74) is 0. The summed E-state index contributed by atoms with van der Waals surface area (Å²) in [7, 11) is 1.18. The van der Waals surface area contributed by atoms with Crippen LogP contribution < -0.4 is 4.89 Å². The van der Waals surface area contributed by atoms with E-state index in [2.05, 4.69) is 26.0 Å². The number of ether oxygens (including phenoxy) is 2. The highest BCUT2D eigenvalue weighted by Gasteiger charge is 2.21. The maximum Gasteiger partial charge on any atom is 0.306 e. The number of nitrogens with zero attached hydrogens (tertiary/aromatic N) is 1. The van der Waals surface area contributed by atoms with Crippen LogP contribution in [0.25, 0.3) is 0 Å². The lowest BCUT2D eigenvalue weighted by atomic mass is 10.0. The number of hydrogen-bond donors (Lipinski definition) is 0. The van der Waals surface area contributed by atoms with E-state index in [0.29, 0.717) is 17.4 Å². The van der Waals surface area contributed by atoms with Gasteiger partial charge in [-0.1, -0.05) is 206 Å². The Labute approximate surface area is 371 Å². The molecule has 0 fully saturated rings. The molecule has 0 rings (SSSR count). The summed E-state index contributed by atoms with van der Waals surface area (Å²) in [5, 5.41) is 0. The average molecular weight is 872 g/mol. The van der Waals surface area contributed by atoms with Gasteiger partial charge in [-0.3, -0.25) is 14.2 Å². The van der Waals surface area contributed by atoms with E-state index in [9.17, 15) is 19.0 Å². The van der Waals surface area contributed by atoms with Crippen molar-refractivity contribution < 1.29 is 42.1 Å². The van der Waals surface area contributed by atoms with Gasteiger partial charge in [0.15, 0.2) is 6.10 Å². The molecule has 0 bridgehead atoms. The van der Waals surface area contributed by atoms with E-state index in [4.69, 9.17) is 18.5 Å². The number of phosphoric ester groups is 1. The van der Waals surface area contributed by atoms with Crippen LogP contribution in [0, 0.1) is 0 Å². The van der Waals surface area contributed by atoms with Crippen molar-refractivity contribution in [2.75, 3.05) is 47.5 Å². The van der Waals surface area contributed by atoms with Gasteiger partial charge < -0.3 is 27.9 Å². The summed E-state index contributed by atoms with van der Waals surface area (Å²) in [6.45, 7) is 4.27. The monoisotopic (exact) mass is 872 g/mol.